The molecular formula is C15H15N3O2. The molecule has 1 amide bonds. The summed E-state index contributed by atoms with van der Waals surface area (Å²) >= 11 is 0. The molecule has 2 aromatic heterocycles. The van der Waals surface area contributed by atoms with Gasteiger partial charge in [-0.25, -0.2) is 0 Å². The van der Waals surface area contributed by atoms with Gasteiger partial charge in [-0.05, 0) is 36.2 Å². The van der Waals surface area contributed by atoms with Crippen LogP contribution in [0.4, 0.5) is 0 Å². The van der Waals surface area contributed by atoms with E-state index >= 15 is 0 Å². The maximum atomic E-state index is 11.5. The number of hydrogen-bond donors (Lipinski definition) is 1. The van der Waals surface area contributed by atoms with Crippen LogP contribution in [0.5, 0.6) is 0 Å². The van der Waals surface area contributed by atoms with E-state index in [1.54, 1.807) is 12.4 Å². The zero-order chi connectivity index (χ0) is 13.9. The van der Waals surface area contributed by atoms with Crippen LogP contribution >= 0.6 is 0 Å². The van der Waals surface area contributed by atoms with Crippen LogP contribution in [0.2, 0.25) is 0 Å². The predicted octanol–water partition coefficient (Wildman–Crippen LogP) is 1.71. The number of hydrogen-bond acceptors (Lipinski definition) is 4. The van der Waals surface area contributed by atoms with Gasteiger partial charge < -0.3 is 10.5 Å². The molecule has 0 aliphatic carbocycles. The number of nitrogens with two attached hydrogens (primary N) is 1. The predicted molar refractivity (Wildman–Crippen MR) is 73.5 cm³/mol. The largest absolute Gasteiger partial charge is 0.373 e. The Balaban J connectivity index is 1.94. The Bertz CT molecular complexity index is 616. The van der Waals surface area contributed by atoms with E-state index in [2.05, 4.69) is 9.97 Å². The first-order valence-electron chi connectivity index (χ1n) is 6.54. The van der Waals surface area contributed by atoms with Crippen LogP contribution in [-0.2, 0) is 9.53 Å². The van der Waals surface area contributed by atoms with Crippen molar-refractivity contribution in [3.8, 4) is 11.4 Å². The quantitative estimate of drug-likeness (QED) is 0.920. The summed E-state index contributed by atoms with van der Waals surface area (Å²) in [5, 5.41) is 0. The second-order valence-electron chi connectivity index (χ2n) is 4.78. The van der Waals surface area contributed by atoms with Gasteiger partial charge in [0.15, 0.2) is 0 Å². The second-order valence-corrected chi connectivity index (χ2v) is 4.78. The van der Waals surface area contributed by atoms with Gasteiger partial charge in [-0.2, -0.15) is 0 Å². The van der Waals surface area contributed by atoms with Gasteiger partial charge in [0, 0.05) is 19.0 Å². The molecule has 2 N–H and O–H groups in total. The zero-order valence-corrected chi connectivity index (χ0v) is 10.9. The van der Waals surface area contributed by atoms with Gasteiger partial charge in [0.25, 0.3) is 0 Å². The Kier molecular flexibility index (Phi) is 3.43. The first kappa shape index (κ1) is 12.7. The van der Waals surface area contributed by atoms with Gasteiger partial charge in [-0.1, -0.05) is 6.07 Å². The summed E-state index contributed by atoms with van der Waals surface area (Å²) in [6.45, 7) is 0.555. The van der Waals surface area contributed by atoms with Gasteiger partial charge in [0.05, 0.1) is 23.4 Å². The average Bonchev–Trinajstić information content (AvgIpc) is 2.98. The highest BCUT2D eigenvalue weighted by Gasteiger charge is 2.33. The maximum Gasteiger partial charge on any atom is 0.223 e. The second kappa shape index (κ2) is 5.38. The highest BCUT2D eigenvalue weighted by atomic mass is 16.5. The Morgan fingerprint density at radius 3 is 2.80 bits per heavy atom. The number of pyridine rings is 2. The van der Waals surface area contributed by atoms with Crippen LogP contribution in [0.25, 0.3) is 11.4 Å². The molecule has 0 bridgehead atoms. The van der Waals surface area contributed by atoms with Crippen molar-refractivity contribution < 1.29 is 9.53 Å². The summed E-state index contributed by atoms with van der Waals surface area (Å²) in [5.74, 6) is -0.585. The van der Waals surface area contributed by atoms with Crippen molar-refractivity contribution in [3.63, 3.8) is 0 Å². The summed E-state index contributed by atoms with van der Waals surface area (Å²) in [7, 11) is 0. The van der Waals surface area contributed by atoms with Crippen molar-refractivity contribution in [2.24, 2.45) is 11.7 Å². The zero-order valence-electron chi connectivity index (χ0n) is 10.9. The lowest BCUT2D eigenvalue weighted by Crippen LogP contribution is -2.25. The van der Waals surface area contributed by atoms with Gasteiger partial charge in [-0.15, -0.1) is 0 Å². The topological polar surface area (TPSA) is 78.1 Å². The van der Waals surface area contributed by atoms with Crippen molar-refractivity contribution in [2.45, 2.75) is 12.5 Å². The van der Waals surface area contributed by atoms with Crippen molar-refractivity contribution in [1.82, 2.24) is 9.97 Å². The third-order valence-electron chi connectivity index (χ3n) is 3.50. The number of primary amides is 1. The number of carbonyl (C=O) groups excluding carboxylic acids is 1. The molecule has 1 fully saturated rings. The summed E-state index contributed by atoms with van der Waals surface area (Å²) in [5.41, 5.74) is 7.91. The van der Waals surface area contributed by atoms with Crippen molar-refractivity contribution >= 4 is 5.91 Å². The third kappa shape index (κ3) is 2.40. The number of nitrogens with zero attached hydrogens (tertiary/aromatic N) is 2. The lowest BCUT2D eigenvalue weighted by Gasteiger charge is -2.16. The molecule has 5 heteroatoms. The minimum Gasteiger partial charge on any atom is -0.373 e. The molecule has 0 radical (unpaired) electrons. The van der Waals surface area contributed by atoms with E-state index < -0.39 is 0 Å². The number of carbonyl (C=O) groups is 1. The number of aromatic nitrogens is 2. The monoisotopic (exact) mass is 269 g/mol. The van der Waals surface area contributed by atoms with Gasteiger partial charge in [-0.3, -0.25) is 14.8 Å². The Labute approximate surface area is 116 Å². The molecule has 3 rings (SSSR count). The summed E-state index contributed by atoms with van der Waals surface area (Å²) in [6.07, 6.45) is 3.82. The summed E-state index contributed by atoms with van der Waals surface area (Å²) < 4.78 is 5.65. The van der Waals surface area contributed by atoms with Gasteiger partial charge in [0.1, 0.15) is 0 Å². The smallest absolute Gasteiger partial charge is 0.223 e. The average molecular weight is 269 g/mol. The lowest BCUT2D eigenvalue weighted by atomic mass is 9.95. The number of amides is 1. The van der Waals surface area contributed by atoms with Crippen molar-refractivity contribution in [3.05, 3.63) is 48.3 Å². The first-order valence-corrected chi connectivity index (χ1v) is 6.54. The molecule has 1 aliphatic rings. The van der Waals surface area contributed by atoms with Crippen LogP contribution in [0.3, 0.4) is 0 Å². The van der Waals surface area contributed by atoms with E-state index in [1.807, 2.05) is 30.3 Å². The van der Waals surface area contributed by atoms with Crippen molar-refractivity contribution in [2.75, 3.05) is 6.61 Å². The van der Waals surface area contributed by atoms with E-state index in [1.165, 1.54) is 0 Å². The molecule has 1 saturated heterocycles. The molecule has 20 heavy (non-hydrogen) atoms. The fraction of sp³-hybridized carbons (Fsp3) is 0.267. The van der Waals surface area contributed by atoms with Crippen LogP contribution in [0, 0.1) is 5.92 Å². The molecule has 0 saturated carbocycles. The number of ether oxygens (including phenoxy) is 1. The fourth-order valence-corrected chi connectivity index (χ4v) is 2.49. The van der Waals surface area contributed by atoms with Gasteiger partial charge >= 0.3 is 0 Å². The molecule has 0 aromatic carbocycles. The van der Waals surface area contributed by atoms with Gasteiger partial charge in [0.2, 0.25) is 5.91 Å². The molecule has 1 aliphatic heterocycles. The molecular weight excluding hydrogens is 254 g/mol. The molecule has 2 atom stereocenters. The molecule has 0 spiro atoms. The lowest BCUT2D eigenvalue weighted by molar-refractivity contribution is -0.123. The summed E-state index contributed by atoms with van der Waals surface area (Å²) in [6, 6.07) is 9.44. The standard InChI is InChI=1S/C15H15N3O2/c16-15(19)11-5-8-20-14(11)10-4-7-18-13(9-10)12-3-1-2-6-17-12/h1-4,6-7,9,11,14H,5,8H2,(H2,16,19). The molecule has 102 valence electrons. The van der Waals surface area contributed by atoms with E-state index in [-0.39, 0.29) is 17.9 Å². The minimum atomic E-state index is -0.316. The summed E-state index contributed by atoms with van der Waals surface area (Å²) in [4.78, 5) is 20.0. The minimum absolute atomic E-state index is 0.269. The Morgan fingerprint density at radius 2 is 2.05 bits per heavy atom. The van der Waals surface area contributed by atoms with Crippen LogP contribution in [0.15, 0.2) is 42.7 Å². The van der Waals surface area contributed by atoms with E-state index in [9.17, 15) is 4.79 Å². The molecule has 5 nitrogen and oxygen atoms in total. The molecule has 2 unspecified atom stereocenters. The SMILES string of the molecule is NC(=O)C1CCOC1c1ccnc(-c2ccccn2)c1. The highest BCUT2D eigenvalue weighted by molar-refractivity contribution is 5.78. The fourth-order valence-electron chi connectivity index (χ4n) is 2.49. The Morgan fingerprint density at radius 1 is 1.20 bits per heavy atom. The Hall–Kier alpha value is -2.27. The van der Waals surface area contributed by atoms with E-state index in [0.717, 1.165) is 17.0 Å². The first-order chi connectivity index (χ1) is 9.75. The maximum absolute atomic E-state index is 11.5. The highest BCUT2D eigenvalue weighted by Crippen LogP contribution is 2.35. The molecule has 3 heterocycles. The van der Waals surface area contributed by atoms with Crippen LogP contribution in [0.1, 0.15) is 18.1 Å². The number of rotatable bonds is 3. The van der Waals surface area contributed by atoms with E-state index in [0.29, 0.717) is 13.0 Å². The van der Waals surface area contributed by atoms with Crippen LogP contribution in [-0.4, -0.2) is 22.5 Å². The normalized spacial score (nSPS) is 21.8. The third-order valence-corrected chi connectivity index (χ3v) is 3.50. The van der Waals surface area contributed by atoms with Crippen LogP contribution < -0.4 is 5.73 Å². The van der Waals surface area contributed by atoms with E-state index in [4.69, 9.17) is 10.5 Å². The molecule has 2 aromatic rings. The van der Waals surface area contributed by atoms with Crippen molar-refractivity contribution in [1.29, 1.82) is 0 Å².